The van der Waals surface area contributed by atoms with Gasteiger partial charge in [0.15, 0.2) is 0 Å². The van der Waals surface area contributed by atoms with Crippen molar-refractivity contribution in [2.45, 2.75) is 0 Å². The van der Waals surface area contributed by atoms with Gasteiger partial charge in [-0.2, -0.15) is 0 Å². The van der Waals surface area contributed by atoms with E-state index < -0.39 is 17.2 Å². The van der Waals surface area contributed by atoms with Gasteiger partial charge < -0.3 is 20.1 Å². The first-order valence-electron chi connectivity index (χ1n) is 2.92. The second-order valence-corrected chi connectivity index (χ2v) is 1.99. The largest absolute Gasteiger partial charge is 0.867 e. The third-order valence-corrected chi connectivity index (χ3v) is 1.26. The molecule has 0 amide bonds. The van der Waals surface area contributed by atoms with Crippen LogP contribution in [0.25, 0.3) is 0 Å². The molecule has 1 aromatic carbocycles. The minimum Gasteiger partial charge on any atom is -0.867 e. The Bertz CT molecular complexity index is 246. The standard InChI is InChI=1S/C7H8O4/c1-11-4-2-5(8)7(10)6(9)3-4/h2-3,8-10H,1H3/p-1. The summed E-state index contributed by atoms with van der Waals surface area (Å²) < 4.78 is 4.67. The van der Waals surface area contributed by atoms with Crippen molar-refractivity contribution in [2.24, 2.45) is 0 Å². The van der Waals surface area contributed by atoms with Crippen molar-refractivity contribution in [2.75, 3.05) is 7.11 Å². The molecule has 0 fully saturated rings. The van der Waals surface area contributed by atoms with Gasteiger partial charge in [0.25, 0.3) is 0 Å². The van der Waals surface area contributed by atoms with Crippen LogP contribution in [0.4, 0.5) is 0 Å². The predicted octanol–water partition coefficient (Wildman–Crippen LogP) is 0.180. The number of methoxy groups -OCH3 is 1. The quantitative estimate of drug-likeness (QED) is 0.606. The molecule has 0 radical (unpaired) electrons. The van der Waals surface area contributed by atoms with Gasteiger partial charge in [0.1, 0.15) is 17.2 Å². The molecule has 0 aromatic heterocycles. The number of aromatic hydroxyl groups is 2. The van der Waals surface area contributed by atoms with Crippen LogP contribution in [0.1, 0.15) is 0 Å². The Kier molecular flexibility index (Phi) is 1.76. The minimum atomic E-state index is -0.786. The average Bonchev–Trinajstić information content (AvgIpc) is 1.99. The second-order valence-electron chi connectivity index (χ2n) is 1.99. The first kappa shape index (κ1) is 7.53. The zero-order valence-electron chi connectivity index (χ0n) is 5.87. The highest BCUT2D eigenvalue weighted by molar-refractivity contribution is 5.52. The Hall–Kier alpha value is -1.58. The van der Waals surface area contributed by atoms with Crippen LogP contribution in [0.15, 0.2) is 12.1 Å². The lowest BCUT2D eigenvalue weighted by molar-refractivity contribution is -0.272. The van der Waals surface area contributed by atoms with Crippen molar-refractivity contribution in [3.8, 4) is 23.0 Å². The van der Waals surface area contributed by atoms with E-state index in [1.54, 1.807) is 0 Å². The molecule has 0 spiro atoms. The van der Waals surface area contributed by atoms with Gasteiger partial charge in [0.05, 0.1) is 7.11 Å². The van der Waals surface area contributed by atoms with Crippen LogP contribution in [0.5, 0.6) is 23.0 Å². The molecular weight excluding hydrogens is 148 g/mol. The summed E-state index contributed by atoms with van der Waals surface area (Å²) in [4.78, 5) is 0. The van der Waals surface area contributed by atoms with E-state index in [0.717, 1.165) is 12.1 Å². The predicted molar refractivity (Wildman–Crippen MR) is 35.8 cm³/mol. The molecule has 0 saturated heterocycles. The Morgan fingerprint density at radius 2 is 1.73 bits per heavy atom. The van der Waals surface area contributed by atoms with Crippen molar-refractivity contribution in [1.82, 2.24) is 0 Å². The van der Waals surface area contributed by atoms with E-state index in [0.29, 0.717) is 0 Å². The highest BCUT2D eigenvalue weighted by Crippen LogP contribution is 2.35. The van der Waals surface area contributed by atoms with E-state index in [-0.39, 0.29) is 5.75 Å². The van der Waals surface area contributed by atoms with Crippen molar-refractivity contribution in [1.29, 1.82) is 0 Å². The molecule has 4 nitrogen and oxygen atoms in total. The van der Waals surface area contributed by atoms with Crippen LogP contribution >= 0.6 is 0 Å². The normalized spacial score (nSPS) is 9.55. The molecule has 0 aliphatic carbocycles. The van der Waals surface area contributed by atoms with Crippen LogP contribution in [-0.4, -0.2) is 17.3 Å². The lowest BCUT2D eigenvalue weighted by atomic mass is 10.3. The number of hydrogen-bond acceptors (Lipinski definition) is 4. The third-order valence-electron chi connectivity index (χ3n) is 1.26. The number of benzene rings is 1. The lowest BCUT2D eigenvalue weighted by Gasteiger charge is -2.11. The Labute approximate surface area is 63.3 Å². The second kappa shape index (κ2) is 2.57. The molecule has 0 aliphatic heterocycles. The third kappa shape index (κ3) is 1.29. The molecule has 0 bridgehead atoms. The monoisotopic (exact) mass is 155 g/mol. The summed E-state index contributed by atoms with van der Waals surface area (Å²) in [7, 11) is 1.37. The van der Waals surface area contributed by atoms with E-state index in [1.165, 1.54) is 7.11 Å². The molecule has 2 N–H and O–H groups in total. The smallest absolute Gasteiger partial charge is 0.126 e. The molecule has 0 aliphatic rings. The van der Waals surface area contributed by atoms with Crippen LogP contribution in [0.3, 0.4) is 0 Å². The number of rotatable bonds is 1. The topological polar surface area (TPSA) is 72.8 Å². The Morgan fingerprint density at radius 1 is 1.27 bits per heavy atom. The zero-order chi connectivity index (χ0) is 8.43. The molecule has 0 unspecified atom stereocenters. The highest BCUT2D eigenvalue weighted by atomic mass is 16.5. The van der Waals surface area contributed by atoms with Gasteiger partial charge in [-0.15, -0.1) is 0 Å². The Morgan fingerprint density at radius 3 is 2.09 bits per heavy atom. The van der Waals surface area contributed by atoms with Crippen LogP contribution in [0.2, 0.25) is 0 Å². The molecule has 1 aromatic rings. The number of hydrogen-bond donors (Lipinski definition) is 2. The maximum absolute atomic E-state index is 10.7. The van der Waals surface area contributed by atoms with Crippen molar-refractivity contribution in [3.05, 3.63) is 12.1 Å². The number of ether oxygens (including phenoxy) is 1. The van der Waals surface area contributed by atoms with Crippen molar-refractivity contribution in [3.63, 3.8) is 0 Å². The van der Waals surface area contributed by atoms with E-state index in [4.69, 9.17) is 10.2 Å². The van der Waals surface area contributed by atoms with Gasteiger partial charge in [-0.1, -0.05) is 0 Å². The van der Waals surface area contributed by atoms with E-state index in [9.17, 15) is 5.11 Å². The fourth-order valence-electron chi connectivity index (χ4n) is 0.691. The first-order chi connectivity index (χ1) is 5.15. The Balaban J connectivity index is 3.21. The molecule has 0 heterocycles. The van der Waals surface area contributed by atoms with Crippen molar-refractivity contribution < 1.29 is 20.1 Å². The van der Waals surface area contributed by atoms with E-state index in [1.807, 2.05) is 0 Å². The van der Waals surface area contributed by atoms with Gasteiger partial charge in [-0.3, -0.25) is 0 Å². The van der Waals surface area contributed by atoms with E-state index >= 15 is 0 Å². The van der Waals surface area contributed by atoms with Crippen LogP contribution in [-0.2, 0) is 0 Å². The summed E-state index contributed by atoms with van der Waals surface area (Å²) in [6.45, 7) is 0. The highest BCUT2D eigenvalue weighted by Gasteiger charge is 2.00. The first-order valence-corrected chi connectivity index (χ1v) is 2.92. The van der Waals surface area contributed by atoms with Gasteiger partial charge in [-0.05, 0) is 5.75 Å². The average molecular weight is 155 g/mol. The lowest BCUT2D eigenvalue weighted by Crippen LogP contribution is -1.91. The summed E-state index contributed by atoms with van der Waals surface area (Å²) >= 11 is 0. The fourth-order valence-corrected chi connectivity index (χ4v) is 0.691. The van der Waals surface area contributed by atoms with Gasteiger partial charge in [-0.25, -0.2) is 0 Å². The fraction of sp³-hybridized carbons (Fsp3) is 0.143. The molecule has 0 atom stereocenters. The summed E-state index contributed by atoms with van der Waals surface area (Å²) in [5.74, 6) is -1.56. The summed E-state index contributed by atoms with van der Waals surface area (Å²) in [6, 6.07) is 2.28. The molecule has 11 heavy (non-hydrogen) atoms. The number of phenols is 2. The molecular formula is C7H7O4-. The number of phenolic OH excluding ortho intramolecular Hbond substituents is 2. The van der Waals surface area contributed by atoms with Gasteiger partial charge >= 0.3 is 0 Å². The summed E-state index contributed by atoms with van der Waals surface area (Å²) in [5.41, 5.74) is 0. The van der Waals surface area contributed by atoms with Gasteiger partial charge in [0, 0.05) is 12.1 Å². The molecule has 0 saturated carbocycles. The summed E-state index contributed by atoms with van der Waals surface area (Å²) in [5, 5.41) is 28.4. The molecule has 60 valence electrons. The zero-order valence-corrected chi connectivity index (χ0v) is 5.87. The van der Waals surface area contributed by atoms with Crippen LogP contribution in [0, 0.1) is 0 Å². The molecule has 4 heteroatoms. The maximum atomic E-state index is 10.7. The van der Waals surface area contributed by atoms with Crippen molar-refractivity contribution >= 4 is 0 Å². The SMILES string of the molecule is COc1cc(O)c([O-])c(O)c1. The van der Waals surface area contributed by atoms with Crippen LogP contribution < -0.4 is 9.84 Å². The van der Waals surface area contributed by atoms with E-state index in [2.05, 4.69) is 4.74 Å². The summed E-state index contributed by atoms with van der Waals surface area (Å²) in [6.07, 6.45) is 0. The minimum absolute atomic E-state index is 0.250. The maximum Gasteiger partial charge on any atom is 0.126 e. The molecule has 1 rings (SSSR count). The van der Waals surface area contributed by atoms with Gasteiger partial charge in [0.2, 0.25) is 0 Å².